The number of nitrogens with zero attached hydrogens (tertiary/aromatic N) is 4. The van der Waals surface area contributed by atoms with Gasteiger partial charge >= 0.3 is 5.69 Å². The number of ether oxygens (including phenoxy) is 1. The lowest BCUT2D eigenvalue weighted by Crippen LogP contribution is -2.27. The highest BCUT2D eigenvalue weighted by Gasteiger charge is 2.19. The van der Waals surface area contributed by atoms with Gasteiger partial charge in [-0.15, -0.1) is 5.10 Å². The first-order valence-electron chi connectivity index (χ1n) is 10.8. The van der Waals surface area contributed by atoms with E-state index in [9.17, 15) is 14.4 Å². The Morgan fingerprint density at radius 2 is 1.78 bits per heavy atom. The number of para-hydroxylation sites is 1. The zero-order valence-electron chi connectivity index (χ0n) is 18.4. The molecule has 0 fully saturated rings. The SMILES string of the molecule is CCOc1ccc(C(=O)Cn2nc3n(CCC(C)C)c(=O)c4ccccc4n3c2=O)cc1. The van der Waals surface area contributed by atoms with Gasteiger partial charge in [-0.2, -0.15) is 0 Å². The molecule has 2 aromatic carbocycles. The summed E-state index contributed by atoms with van der Waals surface area (Å²) in [4.78, 5) is 39.2. The number of aryl methyl sites for hydroxylation is 1. The van der Waals surface area contributed by atoms with E-state index in [0.717, 1.165) is 11.1 Å². The first kappa shape index (κ1) is 21.5. The monoisotopic (exact) mass is 434 g/mol. The number of Topliss-reactive ketones (excluding diaryl/α,β-unsaturated/α-hetero) is 1. The summed E-state index contributed by atoms with van der Waals surface area (Å²) in [7, 11) is 0. The fourth-order valence-electron chi connectivity index (χ4n) is 3.69. The number of carbonyl (C=O) groups excluding carboxylic acids is 1. The zero-order valence-corrected chi connectivity index (χ0v) is 18.4. The molecule has 0 aliphatic carbocycles. The lowest BCUT2D eigenvalue weighted by atomic mass is 10.1. The van der Waals surface area contributed by atoms with Gasteiger partial charge in [0.05, 0.1) is 17.5 Å². The first-order valence-corrected chi connectivity index (χ1v) is 10.8. The van der Waals surface area contributed by atoms with Crippen molar-refractivity contribution in [1.29, 1.82) is 0 Å². The maximum atomic E-state index is 13.2. The van der Waals surface area contributed by atoms with Crippen LogP contribution in [0.15, 0.2) is 58.1 Å². The molecule has 0 aliphatic rings. The van der Waals surface area contributed by atoms with Crippen molar-refractivity contribution in [2.24, 2.45) is 5.92 Å². The van der Waals surface area contributed by atoms with Gasteiger partial charge in [0.25, 0.3) is 5.56 Å². The van der Waals surface area contributed by atoms with Gasteiger partial charge in [0.15, 0.2) is 5.78 Å². The number of benzene rings is 2. The van der Waals surface area contributed by atoms with Crippen molar-refractivity contribution in [3.63, 3.8) is 0 Å². The predicted octanol–water partition coefficient (Wildman–Crippen LogP) is 3.14. The van der Waals surface area contributed by atoms with Crippen LogP contribution in [0, 0.1) is 5.92 Å². The average Bonchev–Trinajstić information content (AvgIpc) is 3.10. The number of hydrogen-bond donors (Lipinski definition) is 0. The van der Waals surface area contributed by atoms with E-state index in [4.69, 9.17) is 4.74 Å². The average molecular weight is 434 g/mol. The fourth-order valence-corrected chi connectivity index (χ4v) is 3.69. The van der Waals surface area contributed by atoms with Gasteiger partial charge in [0.2, 0.25) is 5.78 Å². The van der Waals surface area contributed by atoms with Gasteiger partial charge in [-0.3, -0.25) is 14.2 Å². The Morgan fingerprint density at radius 1 is 1.06 bits per heavy atom. The quantitative estimate of drug-likeness (QED) is 0.398. The lowest BCUT2D eigenvalue weighted by Gasteiger charge is -2.10. The van der Waals surface area contributed by atoms with Gasteiger partial charge in [0.1, 0.15) is 12.3 Å². The second kappa shape index (κ2) is 8.82. The molecule has 166 valence electrons. The van der Waals surface area contributed by atoms with Crippen LogP contribution < -0.4 is 16.0 Å². The van der Waals surface area contributed by atoms with E-state index < -0.39 is 5.69 Å². The van der Waals surface area contributed by atoms with Gasteiger partial charge < -0.3 is 4.74 Å². The summed E-state index contributed by atoms with van der Waals surface area (Å²) in [5.41, 5.74) is 0.301. The van der Waals surface area contributed by atoms with Crippen LogP contribution in [0.4, 0.5) is 0 Å². The molecule has 2 aromatic heterocycles. The summed E-state index contributed by atoms with van der Waals surface area (Å²) in [6.07, 6.45) is 0.764. The number of aromatic nitrogens is 4. The molecule has 0 bridgehead atoms. The van der Waals surface area contributed by atoms with Crippen molar-refractivity contribution >= 4 is 22.5 Å². The maximum Gasteiger partial charge on any atom is 0.352 e. The van der Waals surface area contributed by atoms with Crippen LogP contribution >= 0.6 is 0 Å². The Hall–Kier alpha value is -3.68. The zero-order chi connectivity index (χ0) is 22.8. The maximum absolute atomic E-state index is 13.2. The van der Waals surface area contributed by atoms with Crippen molar-refractivity contribution in [2.75, 3.05) is 6.61 Å². The van der Waals surface area contributed by atoms with Gasteiger partial charge in [-0.05, 0) is 55.7 Å². The smallest absolute Gasteiger partial charge is 0.352 e. The summed E-state index contributed by atoms with van der Waals surface area (Å²) in [5, 5.41) is 4.85. The molecule has 0 radical (unpaired) electrons. The highest BCUT2D eigenvalue weighted by Crippen LogP contribution is 2.14. The molecule has 4 aromatic rings. The molecule has 8 heteroatoms. The number of rotatable bonds is 8. The van der Waals surface area contributed by atoms with Crippen LogP contribution in [0.25, 0.3) is 16.7 Å². The van der Waals surface area contributed by atoms with Crippen molar-refractivity contribution in [3.8, 4) is 5.75 Å². The van der Waals surface area contributed by atoms with E-state index in [-0.39, 0.29) is 23.7 Å². The summed E-state index contributed by atoms with van der Waals surface area (Å²) < 4.78 is 9.49. The third-order valence-electron chi connectivity index (χ3n) is 5.39. The highest BCUT2D eigenvalue weighted by molar-refractivity contribution is 5.96. The minimum Gasteiger partial charge on any atom is -0.494 e. The van der Waals surface area contributed by atoms with Crippen molar-refractivity contribution in [2.45, 2.75) is 40.3 Å². The Balaban J connectivity index is 1.79. The molecule has 0 N–H and O–H groups in total. The van der Waals surface area contributed by atoms with Crippen LogP contribution in [-0.4, -0.2) is 31.1 Å². The van der Waals surface area contributed by atoms with E-state index in [1.807, 2.05) is 6.92 Å². The minimum absolute atomic E-state index is 0.191. The predicted molar refractivity (Wildman–Crippen MR) is 123 cm³/mol. The number of carbonyl (C=O) groups is 1. The van der Waals surface area contributed by atoms with Gasteiger partial charge in [0, 0.05) is 12.1 Å². The first-order chi connectivity index (χ1) is 15.4. The summed E-state index contributed by atoms with van der Waals surface area (Å²) in [5.74, 6) is 1.05. The Labute approximate surface area is 184 Å². The summed E-state index contributed by atoms with van der Waals surface area (Å²) in [6.45, 7) is 6.79. The molecule has 32 heavy (non-hydrogen) atoms. The lowest BCUT2D eigenvalue weighted by molar-refractivity contribution is 0.0966. The van der Waals surface area contributed by atoms with Gasteiger partial charge in [-0.1, -0.05) is 26.0 Å². The van der Waals surface area contributed by atoms with E-state index >= 15 is 0 Å². The summed E-state index contributed by atoms with van der Waals surface area (Å²) >= 11 is 0. The Kier molecular flexibility index (Phi) is 5.94. The largest absolute Gasteiger partial charge is 0.494 e. The molecule has 2 heterocycles. The number of ketones is 1. The molecule has 0 saturated heterocycles. The van der Waals surface area contributed by atoms with Crippen LogP contribution in [0.5, 0.6) is 5.75 Å². The van der Waals surface area contributed by atoms with Crippen LogP contribution in [0.3, 0.4) is 0 Å². The second-order valence-corrected chi connectivity index (χ2v) is 8.11. The molecule has 0 amide bonds. The Bertz CT molecular complexity index is 1390. The van der Waals surface area contributed by atoms with Crippen molar-refractivity contribution in [3.05, 3.63) is 74.9 Å². The normalized spacial score (nSPS) is 11.5. The molecule has 0 unspecified atom stereocenters. The van der Waals surface area contributed by atoms with Crippen molar-refractivity contribution in [1.82, 2.24) is 18.7 Å². The molecule has 0 saturated carbocycles. The Morgan fingerprint density at radius 3 is 2.47 bits per heavy atom. The van der Waals surface area contributed by atoms with Crippen molar-refractivity contribution < 1.29 is 9.53 Å². The molecular weight excluding hydrogens is 408 g/mol. The fraction of sp³-hybridized carbons (Fsp3) is 0.333. The minimum atomic E-state index is -0.450. The van der Waals surface area contributed by atoms with Gasteiger partial charge in [-0.25, -0.2) is 13.9 Å². The standard InChI is InChI=1S/C24H26N4O4/c1-4-32-18-11-9-17(10-12-18)21(29)15-27-24(31)28-20-8-6-5-7-19(20)22(30)26(23(28)25-27)14-13-16(2)3/h5-12,16H,4,13-15H2,1-3H3. The highest BCUT2D eigenvalue weighted by atomic mass is 16.5. The third kappa shape index (κ3) is 3.95. The van der Waals surface area contributed by atoms with E-state index in [2.05, 4.69) is 18.9 Å². The number of hydrogen-bond acceptors (Lipinski definition) is 5. The third-order valence-corrected chi connectivity index (χ3v) is 5.39. The van der Waals surface area contributed by atoms with Crippen LogP contribution in [0.2, 0.25) is 0 Å². The van der Waals surface area contributed by atoms with E-state index in [1.54, 1.807) is 48.5 Å². The summed E-state index contributed by atoms with van der Waals surface area (Å²) in [6, 6.07) is 13.8. The topological polar surface area (TPSA) is 87.6 Å². The molecule has 0 spiro atoms. The molecule has 0 aliphatic heterocycles. The molecule has 8 nitrogen and oxygen atoms in total. The van der Waals surface area contributed by atoms with E-state index in [1.165, 1.54) is 8.97 Å². The molecule has 0 atom stereocenters. The van der Waals surface area contributed by atoms with Crippen LogP contribution in [-0.2, 0) is 13.1 Å². The van der Waals surface area contributed by atoms with E-state index in [0.29, 0.717) is 41.3 Å². The number of fused-ring (bicyclic) bond motifs is 3. The molecular formula is C24H26N4O4. The second-order valence-electron chi connectivity index (χ2n) is 8.11. The molecule has 4 rings (SSSR count). The van der Waals surface area contributed by atoms with Crippen LogP contribution in [0.1, 0.15) is 37.6 Å².